The van der Waals surface area contributed by atoms with Crippen molar-refractivity contribution in [3.63, 3.8) is 0 Å². The van der Waals surface area contributed by atoms with Gasteiger partial charge in [0.25, 0.3) is 0 Å². The van der Waals surface area contributed by atoms with Crippen LogP contribution in [-0.4, -0.2) is 187 Å². The standard InChI is InChI=1S/C56H98N16O13/c1-7-31(3)14-12-13-17-43(75)63-36(18-24-57)51(80)72-46(34(6)74)56(85)68-39(21-27-60)48(77)66-41-23-29-62-54(83)45(33(5)73)71-52(81)40(22-28-61)65-47(76)38(20-26-59)67-55(84)44(32(4)8-2)70-53(82)42(30-35-15-10-9-11-16-35)69-49(78)37(19-25-58)64-50(41)79/h9-11,15-16,31-34,36-42,44-46,73-74H,7-8,12-14,17-30,57-61H2,1-6H3,(H,62,83)(H,63,75)(H,64,79)(H,65,76)(H,66,77)(H,67,84)(H,68,85)(H,69,78)(H,70,82)(H,71,81)(H,72,80)/t31?,32-,33+,34+,36-,37-,38-,39-,40-,41-,42+,44-,45-,46-/m0/s1. The van der Waals surface area contributed by atoms with Crippen molar-refractivity contribution in [2.75, 3.05) is 39.3 Å². The van der Waals surface area contributed by atoms with Crippen molar-refractivity contribution in [1.82, 2.24) is 58.5 Å². The number of amides is 11. The van der Waals surface area contributed by atoms with E-state index in [1.54, 1.807) is 44.2 Å². The van der Waals surface area contributed by atoms with Gasteiger partial charge in [0.05, 0.1) is 12.2 Å². The van der Waals surface area contributed by atoms with Crippen LogP contribution in [0.2, 0.25) is 0 Å². The van der Waals surface area contributed by atoms with E-state index in [2.05, 4.69) is 72.3 Å². The first-order valence-electron chi connectivity index (χ1n) is 29.6. The van der Waals surface area contributed by atoms with Gasteiger partial charge < -0.3 is 97.4 Å². The number of carbonyl (C=O) groups excluding carboxylic acids is 11. The minimum Gasteiger partial charge on any atom is -0.391 e. The van der Waals surface area contributed by atoms with Crippen LogP contribution >= 0.6 is 0 Å². The molecule has 1 heterocycles. The Balaban J connectivity index is 2.68. The lowest BCUT2D eigenvalue weighted by Gasteiger charge is -2.30. The van der Waals surface area contributed by atoms with Gasteiger partial charge in [-0.3, -0.25) is 52.7 Å². The van der Waals surface area contributed by atoms with Crippen molar-refractivity contribution in [2.45, 2.75) is 198 Å². The lowest BCUT2D eigenvalue weighted by molar-refractivity contribution is -0.137. The number of benzene rings is 1. The van der Waals surface area contributed by atoms with Gasteiger partial charge >= 0.3 is 0 Å². The van der Waals surface area contributed by atoms with Gasteiger partial charge in [0, 0.05) is 19.4 Å². The van der Waals surface area contributed by atoms with Crippen molar-refractivity contribution < 1.29 is 63.0 Å². The number of hydrogen-bond donors (Lipinski definition) is 18. The number of rotatable bonds is 29. The Hall–Kier alpha value is -6.89. The number of aliphatic hydroxyl groups is 2. The van der Waals surface area contributed by atoms with E-state index in [1.165, 1.54) is 13.8 Å². The predicted octanol–water partition coefficient (Wildman–Crippen LogP) is -5.24. The molecule has 14 atom stereocenters. The zero-order valence-corrected chi connectivity index (χ0v) is 50.2. The number of nitrogens with two attached hydrogens (primary N) is 5. The Bertz CT molecular complexity index is 2320. The maximum absolute atomic E-state index is 14.5. The molecule has 1 fully saturated rings. The lowest BCUT2D eigenvalue weighted by Crippen LogP contribution is -2.62. The summed E-state index contributed by atoms with van der Waals surface area (Å²) in [6.07, 6.45) is -0.756. The zero-order chi connectivity index (χ0) is 63.8. The second-order valence-electron chi connectivity index (χ2n) is 21.7. The minimum atomic E-state index is -1.70. The molecule has 85 heavy (non-hydrogen) atoms. The van der Waals surface area contributed by atoms with Crippen LogP contribution < -0.4 is 87.2 Å². The molecular weight excluding hydrogens is 1100 g/mol. The fourth-order valence-corrected chi connectivity index (χ4v) is 9.09. The molecule has 0 saturated carbocycles. The van der Waals surface area contributed by atoms with E-state index in [-0.39, 0.29) is 77.7 Å². The van der Waals surface area contributed by atoms with Crippen LogP contribution in [0.3, 0.4) is 0 Å². The molecule has 0 spiro atoms. The molecule has 1 aromatic carbocycles. The average Bonchev–Trinajstić information content (AvgIpc) is 3.69. The third-order valence-corrected chi connectivity index (χ3v) is 14.7. The predicted molar refractivity (Wildman–Crippen MR) is 316 cm³/mol. The SMILES string of the molecule is CCC(C)CCCCC(=O)N[C@@H](CCN)C(=O)N[C@H](C(=O)N[C@@H](CCN)C(=O)N[C@H]1CCNC(=O)[C@H]([C@@H](C)O)NC(=O)[C@H](CCN)NC(=O)[C@H](CCN)NC(=O)[C@H]([C@@H](C)CC)NC(=O)[C@@H](Cc2ccccc2)NC(=O)[C@H](CCN)NC1=O)[C@@H](C)O. The highest BCUT2D eigenvalue weighted by molar-refractivity contribution is 5.99. The summed E-state index contributed by atoms with van der Waals surface area (Å²) in [6, 6.07) is -6.25. The van der Waals surface area contributed by atoms with Crippen LogP contribution in [0.25, 0.3) is 0 Å². The van der Waals surface area contributed by atoms with E-state index in [9.17, 15) is 63.0 Å². The Kier molecular flexibility index (Phi) is 34.6. The van der Waals surface area contributed by atoms with Gasteiger partial charge in [-0.15, -0.1) is 0 Å². The summed E-state index contributed by atoms with van der Waals surface area (Å²) in [7, 11) is 0. The number of carbonyl (C=O) groups is 11. The Morgan fingerprint density at radius 2 is 1.06 bits per heavy atom. The van der Waals surface area contributed by atoms with Crippen LogP contribution in [-0.2, 0) is 59.2 Å². The third kappa shape index (κ3) is 26.1. The molecule has 0 aliphatic carbocycles. The molecule has 11 amide bonds. The van der Waals surface area contributed by atoms with Crippen LogP contribution in [0.5, 0.6) is 0 Å². The largest absolute Gasteiger partial charge is 0.391 e. The van der Waals surface area contributed by atoms with Crippen molar-refractivity contribution in [2.24, 2.45) is 40.5 Å². The molecule has 0 aromatic heterocycles. The second kappa shape index (κ2) is 39.7. The monoisotopic (exact) mass is 1200 g/mol. The minimum absolute atomic E-state index is 0.0173. The van der Waals surface area contributed by atoms with Gasteiger partial charge in [-0.05, 0) is 109 Å². The summed E-state index contributed by atoms with van der Waals surface area (Å²) >= 11 is 0. The molecule has 1 unspecified atom stereocenters. The Morgan fingerprint density at radius 3 is 1.58 bits per heavy atom. The average molecular weight is 1200 g/mol. The first-order chi connectivity index (χ1) is 40.4. The first kappa shape index (κ1) is 74.2. The summed E-state index contributed by atoms with van der Waals surface area (Å²) in [4.78, 5) is 154. The normalized spacial score (nSPS) is 23.2. The van der Waals surface area contributed by atoms with Crippen molar-refractivity contribution in [3.8, 4) is 0 Å². The van der Waals surface area contributed by atoms with Gasteiger partial charge in [0.1, 0.15) is 60.4 Å². The van der Waals surface area contributed by atoms with E-state index in [0.717, 1.165) is 19.3 Å². The molecule has 2 rings (SSSR count). The molecule has 0 radical (unpaired) electrons. The Labute approximate surface area is 498 Å². The van der Waals surface area contributed by atoms with Gasteiger partial charge in [-0.2, -0.15) is 0 Å². The molecule has 0 bridgehead atoms. The first-order valence-corrected chi connectivity index (χ1v) is 29.6. The summed E-state index contributed by atoms with van der Waals surface area (Å²) in [5.41, 5.74) is 29.9. The van der Waals surface area contributed by atoms with E-state index in [1.807, 2.05) is 0 Å². The maximum Gasteiger partial charge on any atom is 0.245 e. The molecule has 480 valence electrons. The highest BCUT2D eigenvalue weighted by atomic mass is 16.3. The number of hydrogen-bond acceptors (Lipinski definition) is 18. The quantitative estimate of drug-likeness (QED) is 0.0333. The van der Waals surface area contributed by atoms with E-state index >= 15 is 0 Å². The maximum atomic E-state index is 14.5. The van der Waals surface area contributed by atoms with Gasteiger partial charge in [-0.1, -0.05) is 83.7 Å². The van der Waals surface area contributed by atoms with E-state index in [4.69, 9.17) is 28.7 Å². The molecule has 29 nitrogen and oxygen atoms in total. The van der Waals surface area contributed by atoms with Gasteiger partial charge in [0.2, 0.25) is 65.0 Å². The third-order valence-electron chi connectivity index (χ3n) is 14.7. The second-order valence-corrected chi connectivity index (χ2v) is 21.7. The molecule has 23 N–H and O–H groups in total. The van der Waals surface area contributed by atoms with Crippen molar-refractivity contribution >= 4 is 65.0 Å². The van der Waals surface area contributed by atoms with E-state index < -0.39 is 156 Å². The smallest absolute Gasteiger partial charge is 0.245 e. The summed E-state index contributed by atoms with van der Waals surface area (Å²) in [6.45, 7) is 8.87. The van der Waals surface area contributed by atoms with Crippen LogP contribution in [0.15, 0.2) is 30.3 Å². The Morgan fingerprint density at radius 1 is 0.553 bits per heavy atom. The molecule has 1 saturated heterocycles. The highest BCUT2D eigenvalue weighted by Gasteiger charge is 2.38. The molecule has 1 aliphatic rings. The van der Waals surface area contributed by atoms with Crippen LogP contribution in [0.4, 0.5) is 0 Å². The summed E-state index contributed by atoms with van der Waals surface area (Å²) in [5.74, 6) is -9.81. The fraction of sp³-hybridized carbons (Fsp3) is 0.696. The van der Waals surface area contributed by atoms with Crippen LogP contribution in [0.1, 0.15) is 124 Å². The molecule has 29 heteroatoms. The van der Waals surface area contributed by atoms with Crippen LogP contribution in [0, 0.1) is 11.8 Å². The number of aliphatic hydroxyl groups excluding tert-OH is 2. The molecular formula is C56H98N16O13. The van der Waals surface area contributed by atoms with E-state index in [0.29, 0.717) is 24.3 Å². The fourth-order valence-electron chi connectivity index (χ4n) is 9.09. The molecule has 1 aliphatic heterocycles. The highest BCUT2D eigenvalue weighted by Crippen LogP contribution is 2.14. The number of unbranched alkanes of at least 4 members (excludes halogenated alkanes) is 1. The van der Waals surface area contributed by atoms with Gasteiger partial charge in [-0.25, -0.2) is 0 Å². The topological polar surface area (TPSA) is 491 Å². The summed E-state index contributed by atoms with van der Waals surface area (Å²) in [5, 5.41) is 49.7. The van der Waals surface area contributed by atoms with Crippen molar-refractivity contribution in [1.29, 1.82) is 0 Å². The van der Waals surface area contributed by atoms with Gasteiger partial charge in [0.15, 0.2) is 0 Å². The van der Waals surface area contributed by atoms with Crippen molar-refractivity contribution in [3.05, 3.63) is 35.9 Å². The number of nitrogens with one attached hydrogen (secondary N) is 11. The zero-order valence-electron chi connectivity index (χ0n) is 50.2. The summed E-state index contributed by atoms with van der Waals surface area (Å²) < 4.78 is 0. The molecule has 1 aromatic rings. The lowest BCUT2D eigenvalue weighted by atomic mass is 9.96.